The second kappa shape index (κ2) is 9.80. The highest BCUT2D eigenvalue weighted by molar-refractivity contribution is 7.92. The largest absolute Gasteiger partial charge is 0.494 e. The van der Waals surface area contributed by atoms with Crippen LogP contribution in [-0.2, 0) is 21.4 Å². The average molecular weight is 425 g/mol. The Balaban J connectivity index is 2.21. The third-order valence-corrected chi connectivity index (χ3v) is 5.48. The van der Waals surface area contributed by atoms with Crippen LogP contribution in [0.25, 0.3) is 0 Å². The fourth-order valence-corrected chi connectivity index (χ4v) is 4.28. The zero-order valence-corrected chi connectivity index (χ0v) is 17.8. The summed E-state index contributed by atoms with van der Waals surface area (Å²) in [5, 5.41) is 3.22. The summed E-state index contributed by atoms with van der Waals surface area (Å²) >= 11 is 6.01. The van der Waals surface area contributed by atoms with Gasteiger partial charge in [0.1, 0.15) is 11.8 Å². The molecule has 0 spiro atoms. The van der Waals surface area contributed by atoms with Crippen LogP contribution in [0.15, 0.2) is 48.5 Å². The first-order chi connectivity index (χ1) is 13.3. The molecule has 2 aromatic rings. The van der Waals surface area contributed by atoms with Crippen LogP contribution in [0.3, 0.4) is 0 Å². The van der Waals surface area contributed by atoms with Gasteiger partial charge in [0.2, 0.25) is 15.9 Å². The third kappa shape index (κ3) is 5.87. The molecule has 8 heteroatoms. The Kier molecular flexibility index (Phi) is 7.71. The zero-order chi connectivity index (χ0) is 20.7. The molecule has 0 unspecified atom stereocenters. The number of amides is 1. The first-order valence-electron chi connectivity index (χ1n) is 9.00. The van der Waals surface area contributed by atoms with Crippen LogP contribution in [0, 0.1) is 0 Å². The lowest BCUT2D eigenvalue weighted by Crippen LogP contribution is -2.49. The summed E-state index contributed by atoms with van der Waals surface area (Å²) in [6.07, 6.45) is 1.39. The van der Waals surface area contributed by atoms with Crippen LogP contribution in [0.1, 0.15) is 25.8 Å². The molecule has 1 N–H and O–H groups in total. The molecule has 0 aliphatic heterocycles. The van der Waals surface area contributed by atoms with Gasteiger partial charge in [-0.3, -0.25) is 9.10 Å². The lowest BCUT2D eigenvalue weighted by Gasteiger charge is -2.30. The predicted octanol–water partition coefficient (Wildman–Crippen LogP) is 3.60. The van der Waals surface area contributed by atoms with Gasteiger partial charge in [0.25, 0.3) is 0 Å². The van der Waals surface area contributed by atoms with Gasteiger partial charge < -0.3 is 10.1 Å². The summed E-state index contributed by atoms with van der Waals surface area (Å²) < 4.78 is 31.4. The van der Waals surface area contributed by atoms with E-state index in [0.717, 1.165) is 21.9 Å². The summed E-state index contributed by atoms with van der Waals surface area (Å²) in [6, 6.07) is 13.0. The molecule has 0 fully saturated rings. The number of hydrogen-bond donors (Lipinski definition) is 1. The molecule has 152 valence electrons. The highest BCUT2D eigenvalue weighted by Gasteiger charge is 2.31. The van der Waals surface area contributed by atoms with Gasteiger partial charge in [-0.15, -0.1) is 0 Å². The summed E-state index contributed by atoms with van der Waals surface area (Å²) in [7, 11) is -3.69. The molecule has 0 radical (unpaired) electrons. The molecule has 6 nitrogen and oxygen atoms in total. The van der Waals surface area contributed by atoms with E-state index in [0.29, 0.717) is 23.7 Å². The first kappa shape index (κ1) is 22.0. The Morgan fingerprint density at radius 2 is 1.89 bits per heavy atom. The van der Waals surface area contributed by atoms with Crippen molar-refractivity contribution in [1.29, 1.82) is 0 Å². The molecule has 1 amide bonds. The monoisotopic (exact) mass is 424 g/mol. The van der Waals surface area contributed by atoms with E-state index in [1.165, 1.54) is 6.07 Å². The van der Waals surface area contributed by atoms with Crippen molar-refractivity contribution in [2.45, 2.75) is 32.9 Å². The number of anilines is 1. The maximum atomic E-state index is 12.8. The lowest BCUT2D eigenvalue weighted by molar-refractivity contribution is -0.122. The fourth-order valence-electron chi connectivity index (χ4n) is 2.89. The number of hydrogen-bond acceptors (Lipinski definition) is 4. The predicted molar refractivity (Wildman–Crippen MR) is 112 cm³/mol. The summed E-state index contributed by atoms with van der Waals surface area (Å²) in [5.74, 6) is 0.340. The van der Waals surface area contributed by atoms with Crippen LogP contribution < -0.4 is 14.4 Å². The molecule has 2 aromatic carbocycles. The smallest absolute Gasteiger partial charge is 0.244 e. The number of halogens is 1. The van der Waals surface area contributed by atoms with Crippen LogP contribution in [0.4, 0.5) is 5.69 Å². The van der Waals surface area contributed by atoms with Crippen LogP contribution in [-0.4, -0.2) is 33.2 Å². The number of benzene rings is 2. The van der Waals surface area contributed by atoms with Gasteiger partial charge in [-0.1, -0.05) is 36.7 Å². The number of rotatable bonds is 9. The zero-order valence-electron chi connectivity index (χ0n) is 16.2. The third-order valence-electron chi connectivity index (χ3n) is 4.07. The van der Waals surface area contributed by atoms with E-state index in [2.05, 4.69) is 5.32 Å². The molecule has 0 saturated carbocycles. The number of sulfonamides is 1. The standard InChI is InChI=1S/C20H25ClN2O4S/c1-4-19(23(28(3,25)26)17-10-7-9-16(21)13-17)20(24)22-14-15-8-6-11-18(12-15)27-5-2/h6-13,19H,4-5,14H2,1-3H3,(H,22,24)/t19-/m1/s1. The van der Waals surface area contributed by atoms with Gasteiger partial charge >= 0.3 is 0 Å². The quantitative estimate of drug-likeness (QED) is 0.667. The highest BCUT2D eigenvalue weighted by atomic mass is 35.5. The fraction of sp³-hybridized carbons (Fsp3) is 0.350. The van der Waals surface area contributed by atoms with Crippen molar-refractivity contribution < 1.29 is 17.9 Å². The Bertz CT molecular complexity index is 918. The van der Waals surface area contributed by atoms with Crippen LogP contribution in [0.5, 0.6) is 5.75 Å². The van der Waals surface area contributed by atoms with Gasteiger partial charge in [0.15, 0.2) is 0 Å². The SMILES string of the molecule is CCOc1cccc(CNC(=O)[C@@H](CC)N(c2cccc(Cl)c2)S(C)(=O)=O)c1. The van der Waals surface area contributed by atoms with E-state index in [-0.39, 0.29) is 12.5 Å². The number of carbonyl (C=O) groups is 1. The lowest BCUT2D eigenvalue weighted by atomic mass is 10.1. The summed E-state index contributed by atoms with van der Waals surface area (Å²) in [4.78, 5) is 12.8. The molecule has 1 atom stereocenters. The van der Waals surface area contributed by atoms with E-state index in [1.54, 1.807) is 25.1 Å². The highest BCUT2D eigenvalue weighted by Crippen LogP contribution is 2.25. The minimum absolute atomic E-state index is 0.267. The molecule has 0 heterocycles. The number of ether oxygens (including phenoxy) is 1. The second-order valence-electron chi connectivity index (χ2n) is 6.26. The van der Waals surface area contributed by atoms with Crippen molar-refractivity contribution in [3.63, 3.8) is 0 Å². The minimum Gasteiger partial charge on any atom is -0.494 e. The van der Waals surface area contributed by atoms with Crippen molar-refractivity contribution in [3.05, 3.63) is 59.1 Å². The molecule has 0 bridgehead atoms. The summed E-state index contributed by atoms with van der Waals surface area (Å²) in [6.45, 7) is 4.48. The molecule has 0 aromatic heterocycles. The molecular formula is C20H25ClN2O4S. The van der Waals surface area contributed by atoms with E-state index in [9.17, 15) is 13.2 Å². The molecular weight excluding hydrogens is 400 g/mol. The van der Waals surface area contributed by atoms with Crippen molar-refractivity contribution in [3.8, 4) is 5.75 Å². The van der Waals surface area contributed by atoms with Crippen molar-refractivity contribution >= 4 is 33.2 Å². The van der Waals surface area contributed by atoms with Gasteiger partial charge in [-0.25, -0.2) is 8.42 Å². The Morgan fingerprint density at radius 3 is 2.50 bits per heavy atom. The van der Waals surface area contributed by atoms with E-state index in [4.69, 9.17) is 16.3 Å². The molecule has 2 rings (SSSR count). The molecule has 0 saturated heterocycles. The summed E-state index contributed by atoms with van der Waals surface area (Å²) in [5.41, 5.74) is 1.22. The Hall–Kier alpha value is -2.25. The number of nitrogens with one attached hydrogen (secondary N) is 1. The van der Waals surface area contributed by atoms with Crippen LogP contribution in [0.2, 0.25) is 5.02 Å². The molecule has 28 heavy (non-hydrogen) atoms. The van der Waals surface area contributed by atoms with Gasteiger partial charge in [0, 0.05) is 11.6 Å². The molecule has 0 aliphatic rings. The van der Waals surface area contributed by atoms with Crippen LogP contribution >= 0.6 is 11.6 Å². The average Bonchev–Trinajstić information content (AvgIpc) is 2.63. The maximum Gasteiger partial charge on any atom is 0.244 e. The van der Waals surface area contributed by atoms with Gasteiger partial charge in [-0.2, -0.15) is 0 Å². The number of nitrogens with zero attached hydrogens (tertiary/aromatic N) is 1. The normalized spacial score (nSPS) is 12.3. The van der Waals surface area contributed by atoms with Crippen molar-refractivity contribution in [2.75, 3.05) is 17.2 Å². The number of carbonyl (C=O) groups excluding carboxylic acids is 1. The minimum atomic E-state index is -3.69. The maximum absolute atomic E-state index is 12.8. The van der Waals surface area contributed by atoms with E-state index < -0.39 is 16.1 Å². The second-order valence-corrected chi connectivity index (χ2v) is 8.56. The van der Waals surface area contributed by atoms with Gasteiger partial charge in [-0.05, 0) is 49.2 Å². The Morgan fingerprint density at radius 1 is 1.18 bits per heavy atom. The van der Waals surface area contributed by atoms with Crippen molar-refractivity contribution in [2.24, 2.45) is 0 Å². The van der Waals surface area contributed by atoms with E-state index >= 15 is 0 Å². The molecule has 0 aliphatic carbocycles. The van der Waals surface area contributed by atoms with Gasteiger partial charge in [0.05, 0.1) is 18.6 Å². The van der Waals surface area contributed by atoms with Crippen molar-refractivity contribution in [1.82, 2.24) is 5.32 Å². The first-order valence-corrected chi connectivity index (χ1v) is 11.2. The Labute approximate surface area is 171 Å². The van der Waals surface area contributed by atoms with E-state index in [1.807, 2.05) is 31.2 Å². The topological polar surface area (TPSA) is 75.7 Å².